The van der Waals surface area contributed by atoms with Crippen molar-refractivity contribution in [1.82, 2.24) is 54.5 Å². The van der Waals surface area contributed by atoms with Crippen molar-refractivity contribution in [2.75, 3.05) is 40.1 Å². The fraction of sp³-hybridized carbons (Fsp3) is 0.403. The molecule has 4 aliphatic carbocycles. The number of ether oxygens (including phenoxy) is 1. The second-order valence-corrected chi connectivity index (χ2v) is 26.4. The van der Waals surface area contributed by atoms with Gasteiger partial charge in [-0.2, -0.15) is 31.6 Å². The lowest BCUT2D eigenvalue weighted by Gasteiger charge is -2.33. The van der Waals surface area contributed by atoms with E-state index >= 15 is 13.2 Å². The van der Waals surface area contributed by atoms with E-state index in [0.717, 1.165) is 38.4 Å². The quantitative estimate of drug-likeness (QED) is 0.0764. The summed E-state index contributed by atoms with van der Waals surface area (Å²) in [5.41, 5.74) is -0.616. The Bertz CT molecular complexity index is 4530. The van der Waals surface area contributed by atoms with Crippen molar-refractivity contribution in [1.29, 1.82) is 5.26 Å². The maximum absolute atomic E-state index is 15.1. The van der Waals surface area contributed by atoms with Crippen LogP contribution >= 0.6 is 0 Å². The van der Waals surface area contributed by atoms with Crippen LogP contribution in [-0.2, 0) is 50.4 Å². The normalized spacial score (nSPS) is 18.6. The maximum atomic E-state index is 15.1. The standard InChI is InChI=1S/C67H61F7N17O3/c1-39-20-45(58-85-78-37-87(58)2)49(30-77-39)43-26-55(82-57(28-43)89-32-50-46(60(89)92)21-40(23-52(50)66(69,70)71)31-88-19-15-62(35-88)7-8-62)84-65(11-12-65)14-18-80-91-38-79-86-59(91)44-4-17-76-29-48(44)42-25-54(83-64(9-10-64)13-16-75)81-56(27-42)90-33-51-47(61(90)93)22-41(24-53(51)67(72,73)74)34-94-36-63(68)5-3-6-63/h4,17,20-30,37-38H,3,5-15,19,31-36H2,1-2H3,(H,81,83)(H,82,84)/q+1. The zero-order valence-corrected chi connectivity index (χ0v) is 51.2. The second-order valence-electron chi connectivity index (χ2n) is 26.4. The number of nitrogens with one attached hydrogen (secondary N) is 2. The minimum absolute atomic E-state index is 0.0160. The van der Waals surface area contributed by atoms with Gasteiger partial charge < -0.3 is 19.9 Å². The molecule has 2 aromatic carbocycles. The summed E-state index contributed by atoms with van der Waals surface area (Å²) in [5, 5.41) is 33.9. The number of likely N-dealkylation sites (tertiary alicyclic amines) is 1. The molecule has 1 spiro atoms. The van der Waals surface area contributed by atoms with Gasteiger partial charge in [-0.25, -0.2) is 14.4 Å². The van der Waals surface area contributed by atoms with Crippen LogP contribution in [0.15, 0.2) is 91.9 Å². The molecule has 20 nitrogen and oxygen atoms in total. The number of halogens is 7. The molecule has 4 saturated carbocycles. The zero-order valence-electron chi connectivity index (χ0n) is 51.2. The number of rotatable bonds is 18. The van der Waals surface area contributed by atoms with E-state index in [1.54, 1.807) is 72.9 Å². The first-order chi connectivity index (χ1) is 45.0. The first-order valence-corrected chi connectivity index (χ1v) is 31.2. The molecule has 15 rings (SSSR count). The van der Waals surface area contributed by atoms with E-state index in [1.807, 2.05) is 13.0 Å². The lowest BCUT2D eigenvalue weighted by molar-refractivity contribution is -0.139. The number of hydrogen-bond acceptors (Lipinski definition) is 15. The molecule has 6 aromatic heterocycles. The molecular formula is C67H61F7N17O3+. The van der Waals surface area contributed by atoms with Gasteiger partial charge in [0.15, 0.2) is 12.2 Å². The molecule has 7 aliphatic rings. The molecule has 5 fully saturated rings. The molecule has 94 heavy (non-hydrogen) atoms. The van der Waals surface area contributed by atoms with Crippen molar-refractivity contribution >= 4 is 35.1 Å². The molecule has 0 radical (unpaired) electrons. The summed E-state index contributed by atoms with van der Waals surface area (Å²) < 4.78 is 114. The summed E-state index contributed by atoms with van der Waals surface area (Å²) in [4.78, 5) is 57.3. The van der Waals surface area contributed by atoms with E-state index in [-0.39, 0.29) is 89.1 Å². The van der Waals surface area contributed by atoms with Gasteiger partial charge in [0.25, 0.3) is 11.8 Å². The number of nitrogens with zero attached hydrogens (tertiary/aromatic N) is 15. The van der Waals surface area contributed by atoms with E-state index in [2.05, 4.69) is 58.0 Å². The number of carbonyl (C=O) groups is 2. The first kappa shape index (κ1) is 60.5. The number of aryl methyl sites for hydroxylation is 2. The van der Waals surface area contributed by atoms with E-state index in [1.165, 1.54) is 32.9 Å². The van der Waals surface area contributed by atoms with Crippen molar-refractivity contribution in [3.63, 3.8) is 0 Å². The Morgan fingerprint density at radius 3 is 1.86 bits per heavy atom. The number of amides is 2. The minimum Gasteiger partial charge on any atom is -0.373 e. The third-order valence-electron chi connectivity index (χ3n) is 19.5. The Morgan fingerprint density at radius 1 is 0.681 bits per heavy atom. The van der Waals surface area contributed by atoms with Crippen molar-refractivity contribution in [2.45, 2.75) is 139 Å². The molecule has 9 heterocycles. The molecular weight excluding hydrogens is 1220 g/mol. The third kappa shape index (κ3) is 11.6. The molecule has 0 atom stereocenters. The number of nitriles is 1. The van der Waals surface area contributed by atoms with Crippen LogP contribution in [0, 0.1) is 29.7 Å². The highest BCUT2D eigenvalue weighted by molar-refractivity contribution is 6.11. The van der Waals surface area contributed by atoms with Gasteiger partial charge in [-0.1, -0.05) is 0 Å². The fourth-order valence-corrected chi connectivity index (χ4v) is 13.6. The van der Waals surface area contributed by atoms with Crippen molar-refractivity contribution in [2.24, 2.45) is 12.5 Å². The minimum atomic E-state index is -4.85. The zero-order chi connectivity index (χ0) is 65.1. The van der Waals surface area contributed by atoms with E-state index in [9.17, 15) is 32.4 Å². The molecule has 0 unspecified atom stereocenters. The van der Waals surface area contributed by atoms with Crippen LogP contribution in [0.4, 0.5) is 54.0 Å². The van der Waals surface area contributed by atoms with Gasteiger partial charge in [0.1, 0.15) is 41.7 Å². The Kier molecular flexibility index (Phi) is 14.5. The molecule has 1 saturated heterocycles. The van der Waals surface area contributed by atoms with Crippen LogP contribution in [0.3, 0.4) is 0 Å². The van der Waals surface area contributed by atoms with Gasteiger partial charge in [-0.15, -0.1) is 20.4 Å². The maximum Gasteiger partial charge on any atom is 0.416 e. The van der Waals surface area contributed by atoms with Gasteiger partial charge in [0.05, 0.1) is 66.0 Å². The summed E-state index contributed by atoms with van der Waals surface area (Å²) in [5.74, 6) is 0.139. The summed E-state index contributed by atoms with van der Waals surface area (Å²) >= 11 is 0. The fourth-order valence-electron chi connectivity index (χ4n) is 13.6. The van der Waals surface area contributed by atoms with Crippen molar-refractivity contribution in [3.05, 3.63) is 147 Å². The highest BCUT2D eigenvalue weighted by atomic mass is 19.4. The number of hydrogen-bond donors (Lipinski definition) is 2. The molecule has 3 aliphatic heterocycles. The molecule has 8 aromatic rings. The number of anilines is 4. The largest absolute Gasteiger partial charge is 0.416 e. The Labute approximate surface area is 534 Å². The summed E-state index contributed by atoms with van der Waals surface area (Å²) in [7, 11) is 1.80. The summed E-state index contributed by atoms with van der Waals surface area (Å²) in [6, 6.07) is 20.8. The molecule has 480 valence electrons. The van der Waals surface area contributed by atoms with Crippen LogP contribution < -0.4 is 20.4 Å². The molecule has 27 heteroatoms. The number of alkyl halides is 7. The van der Waals surface area contributed by atoms with Gasteiger partial charge in [0, 0.05) is 82.5 Å². The van der Waals surface area contributed by atoms with Crippen LogP contribution in [0.5, 0.6) is 0 Å². The second kappa shape index (κ2) is 22.5. The number of aromatic nitrogens is 10. The van der Waals surface area contributed by atoms with Crippen LogP contribution in [0.2, 0.25) is 0 Å². The summed E-state index contributed by atoms with van der Waals surface area (Å²) in [6.45, 7) is 2.30. The lowest BCUT2D eigenvalue weighted by atomic mass is 9.83. The predicted octanol–water partition coefficient (Wildman–Crippen LogP) is 12.7. The lowest BCUT2D eigenvalue weighted by Crippen LogP contribution is -2.36. The van der Waals surface area contributed by atoms with Gasteiger partial charge in [-0.3, -0.25) is 34.3 Å². The topological polar surface area (TPSA) is 218 Å². The van der Waals surface area contributed by atoms with Gasteiger partial charge in [-0.05, 0) is 177 Å². The van der Waals surface area contributed by atoms with E-state index in [0.29, 0.717) is 108 Å². The number of pyridine rings is 4. The average molecular weight is 1290 g/mol. The average Bonchev–Trinajstić information content (AvgIpc) is 1.58. The van der Waals surface area contributed by atoms with Crippen molar-refractivity contribution < 1.29 is 45.1 Å². The smallest absolute Gasteiger partial charge is 0.373 e. The Hall–Kier alpha value is -9.73. The molecule has 0 bridgehead atoms. The van der Waals surface area contributed by atoms with Gasteiger partial charge in [0.2, 0.25) is 5.82 Å². The van der Waals surface area contributed by atoms with Crippen LogP contribution in [-0.4, -0.2) is 103 Å². The van der Waals surface area contributed by atoms with Gasteiger partial charge >= 0.3 is 18.4 Å². The SMILES string of the molecule is Cc1cc(-c2nncn2C)c(-c2cc(NC3(CC#[N+]n4cnnc4-c4ccncc4-c4cc(NC5(CC#N)CC5)nc(N5Cc6c(cc(COCC7(F)CCC7)cc6C(F)(F)F)C5=O)c4)CC3)nc(N3Cc4c(cc(CN5CCC6(CC6)C5)cc4C(F)(F)F)C3=O)c2)cn1. The van der Waals surface area contributed by atoms with Crippen LogP contribution in [0.1, 0.15) is 137 Å². The third-order valence-corrected chi connectivity index (χ3v) is 19.5. The van der Waals surface area contributed by atoms with Crippen LogP contribution in [0.25, 0.3) is 50.0 Å². The summed E-state index contributed by atoms with van der Waals surface area (Å²) in [6.07, 6.45) is 5.63. The monoisotopic (exact) mass is 1280 g/mol. The van der Waals surface area contributed by atoms with E-state index in [4.69, 9.17) is 19.7 Å². The number of carbonyl (C=O) groups excluding carboxylic acids is 2. The van der Waals surface area contributed by atoms with Crippen molar-refractivity contribution in [3.8, 4) is 57.2 Å². The molecule has 2 amide bonds. The molecule has 2 N–H and O–H groups in total. The predicted molar refractivity (Wildman–Crippen MR) is 330 cm³/mol. The van der Waals surface area contributed by atoms with E-state index < -0.39 is 58.6 Å². The Balaban J connectivity index is 0.731. The number of benzene rings is 2. The highest BCUT2D eigenvalue weighted by Gasteiger charge is 2.49. The highest BCUT2D eigenvalue weighted by Crippen LogP contribution is 2.53. The first-order valence-electron chi connectivity index (χ1n) is 31.2. The number of fused-ring (bicyclic) bond motifs is 2. The Morgan fingerprint density at radius 2 is 1.29 bits per heavy atom.